The van der Waals surface area contributed by atoms with Crippen molar-refractivity contribution >= 4 is 87.7 Å². The minimum absolute atomic E-state index is 0. The molecule has 20 nitrogen and oxygen atoms in total. The molecule has 0 heterocycles. The van der Waals surface area contributed by atoms with Crippen molar-refractivity contribution in [2.75, 3.05) is 0 Å². The van der Waals surface area contributed by atoms with Crippen LogP contribution in [0.4, 0.5) is 0 Å². The summed E-state index contributed by atoms with van der Waals surface area (Å²) in [4.78, 5) is 149. The number of aliphatic carboxylic acids is 5. The largest absolute Gasteiger partial charge is 0.542 e. The summed E-state index contributed by atoms with van der Waals surface area (Å²) >= 11 is 0. The van der Waals surface area contributed by atoms with Crippen LogP contribution < -0.4 is 25.5 Å². The van der Waals surface area contributed by atoms with Gasteiger partial charge in [-0.15, -0.1) is 0 Å². The Morgan fingerprint density at radius 2 is 0.370 bits per heavy atom. The summed E-state index contributed by atoms with van der Waals surface area (Å²) < 4.78 is 0. The molecule has 0 saturated heterocycles. The van der Waals surface area contributed by atoms with Gasteiger partial charge in [-0.2, -0.15) is 0 Å². The summed E-state index contributed by atoms with van der Waals surface area (Å²) in [5, 5.41) is 48.1. The van der Waals surface area contributed by atoms with E-state index in [9.17, 15) is 97.5 Å². The molecule has 0 N–H and O–H groups in total. The Labute approximate surface area is 270 Å². The Kier molecular flexibility index (Phi) is 34.4. The van der Waals surface area contributed by atoms with Crippen LogP contribution in [0, 0.1) is 0 Å². The molecule has 0 bridgehead atoms. The normalized spacial score (nSPS) is 8.37. The van der Waals surface area contributed by atoms with Crippen LogP contribution in [0.1, 0.15) is 66.7 Å². The van der Waals surface area contributed by atoms with Gasteiger partial charge >= 0.3 is 0 Å². The maximum atomic E-state index is 10.1. The number of carbonyl (C=O) groups excluding carboxylic acids is 15. The molecule has 0 spiro atoms. The van der Waals surface area contributed by atoms with Gasteiger partial charge in [0.25, 0.3) is 0 Å². The molecule has 0 saturated carbocycles. The van der Waals surface area contributed by atoms with Crippen LogP contribution in [-0.4, -0.2) is 87.7 Å². The van der Waals surface area contributed by atoms with Gasteiger partial charge in [0.1, 0.15) is 58.8 Å². The Morgan fingerprint density at radius 3 is 0.391 bits per heavy atom. The number of rotatable bonds is 15. The van der Waals surface area contributed by atoms with E-state index in [0.717, 1.165) is 34.6 Å². The number of carboxylic acids is 5. The van der Waals surface area contributed by atoms with Crippen LogP contribution in [-0.2, 0) is 90.5 Å². The van der Waals surface area contributed by atoms with Gasteiger partial charge in [0.2, 0.25) is 0 Å². The topological polar surface area (TPSA) is 371 Å². The quantitative estimate of drug-likeness (QED) is 0.113. The number of carbonyl (C=O) groups is 15. The van der Waals surface area contributed by atoms with Crippen molar-refractivity contribution in [2.45, 2.75) is 66.7 Å². The van der Waals surface area contributed by atoms with Gasteiger partial charge in [-0.05, 0) is 34.6 Å². The second-order valence-corrected chi connectivity index (χ2v) is 7.95. The van der Waals surface area contributed by atoms with Crippen LogP contribution in [0.25, 0.3) is 0 Å². The Hall–Kier alpha value is -5.37. The minimum atomic E-state index is -1.80. The van der Waals surface area contributed by atoms with E-state index < -0.39 is 120 Å². The molecule has 0 aromatic carbocycles. The van der Waals surface area contributed by atoms with Crippen LogP contribution in [0.2, 0.25) is 0 Å². The second-order valence-electron chi connectivity index (χ2n) is 7.95. The summed E-state index contributed by atoms with van der Waals surface area (Å²) in [5.74, 6) is -17.2. The van der Waals surface area contributed by atoms with Gasteiger partial charge in [0.05, 0.1) is 32.1 Å². The molecule has 0 aromatic rings. The Bertz CT molecular complexity index is 1020. The Balaban J connectivity index is -0.000000108. The average molecular weight is 696 g/mol. The van der Waals surface area contributed by atoms with Gasteiger partial charge in [0, 0.05) is 18.6 Å². The van der Waals surface area contributed by atoms with E-state index >= 15 is 0 Å². The molecule has 46 heavy (non-hydrogen) atoms. The maximum Gasteiger partial charge on any atom is 0.185 e. The first-order valence-corrected chi connectivity index (χ1v) is 11.4. The summed E-state index contributed by atoms with van der Waals surface area (Å²) in [6.07, 6.45) is -2.84. The zero-order valence-electron chi connectivity index (χ0n) is 24.6. The molecule has 21 heteroatoms. The molecule has 0 rings (SSSR count). The first-order valence-electron chi connectivity index (χ1n) is 11.4. The summed E-state index contributed by atoms with van der Waals surface area (Å²) in [5.41, 5.74) is 0. The molecule has 0 unspecified atom stereocenters. The number of hydrogen-bond acceptors (Lipinski definition) is 20. The van der Waals surface area contributed by atoms with Crippen LogP contribution >= 0.6 is 0 Å². The smallest absolute Gasteiger partial charge is 0.185 e. The van der Waals surface area contributed by atoms with Gasteiger partial charge in [0.15, 0.2) is 28.9 Å². The zero-order valence-corrected chi connectivity index (χ0v) is 26.0. The molecule has 0 fully saturated rings. The SMILES string of the molecule is CC(=O)CC(=O)C(=O)[O-].CC(=O)CC(=O)C(=O)[O-].CC(=O)CC(=O)C(=O)[O-].CC(=O)CC(=O)C(=O)[O-].CC(=O)CC(=O)C(=O)[O-].[V]. The third-order valence-electron chi connectivity index (χ3n) is 3.19. The van der Waals surface area contributed by atoms with E-state index in [4.69, 9.17) is 0 Å². The van der Waals surface area contributed by atoms with E-state index in [1.54, 1.807) is 0 Å². The van der Waals surface area contributed by atoms with Gasteiger partial charge in [-0.1, -0.05) is 0 Å². The molecular weight excluding hydrogens is 671 g/mol. The second kappa shape index (κ2) is 29.7. The summed E-state index contributed by atoms with van der Waals surface area (Å²) in [7, 11) is 0. The molecule has 0 amide bonds. The van der Waals surface area contributed by atoms with Crippen molar-refractivity contribution < 1.29 is 116 Å². The molecule has 0 aliphatic carbocycles. The molecule has 0 atom stereocenters. The number of carboxylic acid groups (broad SMARTS) is 5. The molecule has 255 valence electrons. The predicted octanol–water partition coefficient (Wildman–Crippen LogP) is -8.58. The minimum Gasteiger partial charge on any atom is -0.542 e. The first-order chi connectivity index (χ1) is 20.2. The van der Waals surface area contributed by atoms with E-state index in [-0.39, 0.29) is 18.6 Å². The van der Waals surface area contributed by atoms with E-state index in [0.29, 0.717) is 0 Å². The molecule has 0 aliphatic heterocycles. The molecule has 1 radical (unpaired) electrons. The van der Waals surface area contributed by atoms with Crippen molar-refractivity contribution in [1.29, 1.82) is 0 Å². The fourth-order valence-electron chi connectivity index (χ4n) is 1.49. The predicted molar refractivity (Wildman–Crippen MR) is 127 cm³/mol. The standard InChI is InChI=1S/5C5H6O4.V/c5*1-3(6)2-4(7)5(8)9;/h5*2H2,1H3,(H,8,9);/p-5. The van der Waals surface area contributed by atoms with Crippen molar-refractivity contribution in [1.82, 2.24) is 0 Å². The fourth-order valence-corrected chi connectivity index (χ4v) is 1.49. The van der Waals surface area contributed by atoms with Crippen molar-refractivity contribution in [2.24, 2.45) is 0 Å². The van der Waals surface area contributed by atoms with Crippen molar-refractivity contribution in [3.8, 4) is 0 Å². The van der Waals surface area contributed by atoms with E-state index in [2.05, 4.69) is 0 Å². The van der Waals surface area contributed by atoms with E-state index in [1.165, 1.54) is 0 Å². The molecule has 0 aromatic heterocycles. The van der Waals surface area contributed by atoms with Gasteiger partial charge < -0.3 is 49.5 Å². The molecule has 0 aliphatic rings. The number of hydrogen-bond donors (Lipinski definition) is 0. The summed E-state index contributed by atoms with van der Waals surface area (Å²) in [6.45, 7) is 5.70. The van der Waals surface area contributed by atoms with Crippen molar-refractivity contribution in [3.63, 3.8) is 0 Å². The zero-order chi connectivity index (χ0) is 37.2. The van der Waals surface area contributed by atoms with Gasteiger partial charge in [-0.25, -0.2) is 0 Å². The van der Waals surface area contributed by atoms with Gasteiger partial charge in [-0.3, -0.25) is 47.9 Å². The third kappa shape index (κ3) is 45.6. The van der Waals surface area contributed by atoms with Crippen LogP contribution in [0.15, 0.2) is 0 Å². The van der Waals surface area contributed by atoms with Crippen LogP contribution in [0.5, 0.6) is 0 Å². The summed E-state index contributed by atoms with van der Waals surface area (Å²) in [6, 6.07) is 0. The van der Waals surface area contributed by atoms with E-state index in [1.807, 2.05) is 0 Å². The first kappa shape index (κ1) is 53.2. The Morgan fingerprint density at radius 1 is 0.283 bits per heavy atom. The van der Waals surface area contributed by atoms with Crippen molar-refractivity contribution in [3.05, 3.63) is 0 Å². The third-order valence-corrected chi connectivity index (χ3v) is 3.19. The molecular formula is C25H25O20V-5. The van der Waals surface area contributed by atoms with Crippen LogP contribution in [0.3, 0.4) is 0 Å². The number of ketones is 10. The number of Topliss-reactive ketones (excluding diaryl/α,β-unsaturated/α-hetero) is 10. The monoisotopic (exact) mass is 696 g/mol. The fraction of sp³-hybridized carbons (Fsp3) is 0.400. The average Bonchev–Trinajstić information content (AvgIpc) is 2.83. The maximum absolute atomic E-state index is 10.1.